The molecule has 0 fully saturated rings. The number of rotatable bonds is 10. The smallest absolute Gasteiger partial charge is 0.306 e. The van der Waals surface area contributed by atoms with Crippen LogP contribution in [0.25, 0.3) is 0 Å². The topological polar surface area (TPSA) is 66.8 Å². The Morgan fingerprint density at radius 3 is 2.71 bits per heavy atom. The minimum Gasteiger partial charge on any atom is -0.481 e. The molecule has 0 aliphatic rings. The highest BCUT2D eigenvalue weighted by Gasteiger charge is 2.22. The van der Waals surface area contributed by atoms with Crippen molar-refractivity contribution in [2.45, 2.75) is 38.7 Å². The number of hydrogen-bond donors (Lipinski definition) is 2. The van der Waals surface area contributed by atoms with Crippen LogP contribution in [0.2, 0.25) is 0 Å². The number of hydrogen-bond acceptors (Lipinski definition) is 3. The van der Waals surface area contributed by atoms with Crippen molar-refractivity contribution in [1.82, 2.24) is 0 Å². The van der Waals surface area contributed by atoms with Gasteiger partial charge in [0.1, 0.15) is 0 Å². The molecule has 0 bridgehead atoms. The normalized spacial score (nSPS) is 13.9. The van der Waals surface area contributed by atoms with Crippen molar-refractivity contribution >= 4 is 21.9 Å². The molecule has 2 N–H and O–H groups in total. The molecule has 0 spiro atoms. The first-order chi connectivity index (χ1) is 10.0. The van der Waals surface area contributed by atoms with E-state index in [1.165, 1.54) is 0 Å². The monoisotopic (exact) mass is 358 g/mol. The van der Waals surface area contributed by atoms with Gasteiger partial charge in [0.25, 0.3) is 0 Å². The number of carbonyl (C=O) groups is 1. The van der Waals surface area contributed by atoms with Crippen molar-refractivity contribution in [3.05, 3.63) is 34.3 Å². The number of halogens is 1. The molecule has 21 heavy (non-hydrogen) atoms. The summed E-state index contributed by atoms with van der Waals surface area (Å²) in [5.41, 5.74) is 0.934. The Balaban J connectivity index is 2.50. The lowest BCUT2D eigenvalue weighted by molar-refractivity contribution is -0.143. The summed E-state index contributed by atoms with van der Waals surface area (Å²) in [6, 6.07) is 7.55. The molecule has 5 heteroatoms. The third-order valence-corrected chi connectivity index (χ3v) is 4.06. The molecular weight excluding hydrogens is 336 g/mol. The molecule has 0 heterocycles. The number of aliphatic carboxylic acids is 1. The highest BCUT2D eigenvalue weighted by Crippen LogP contribution is 2.22. The molecule has 2 unspecified atom stereocenters. The van der Waals surface area contributed by atoms with E-state index in [-0.39, 0.29) is 13.0 Å². The molecule has 0 saturated carbocycles. The summed E-state index contributed by atoms with van der Waals surface area (Å²) in [7, 11) is 0. The van der Waals surface area contributed by atoms with Crippen LogP contribution in [0.5, 0.6) is 0 Å². The summed E-state index contributed by atoms with van der Waals surface area (Å²) < 4.78 is 6.23. The molecule has 0 saturated heterocycles. The van der Waals surface area contributed by atoms with Gasteiger partial charge in [-0.3, -0.25) is 4.79 Å². The highest BCUT2D eigenvalue weighted by molar-refractivity contribution is 9.10. The molecular formula is C16H23BrO4. The average Bonchev–Trinajstić information content (AvgIpc) is 2.45. The van der Waals surface area contributed by atoms with Crippen molar-refractivity contribution in [1.29, 1.82) is 0 Å². The molecule has 0 aromatic heterocycles. The molecule has 0 aliphatic heterocycles. The van der Waals surface area contributed by atoms with Crippen LogP contribution >= 0.6 is 15.9 Å². The van der Waals surface area contributed by atoms with Gasteiger partial charge in [0.2, 0.25) is 0 Å². The predicted octanol–water partition coefficient (Wildman–Crippen LogP) is 3.26. The van der Waals surface area contributed by atoms with Crippen LogP contribution in [0.4, 0.5) is 0 Å². The first kappa shape index (κ1) is 18.1. The Morgan fingerprint density at radius 2 is 2.10 bits per heavy atom. The van der Waals surface area contributed by atoms with Gasteiger partial charge in [0.15, 0.2) is 0 Å². The van der Waals surface area contributed by atoms with E-state index in [4.69, 9.17) is 4.74 Å². The second kappa shape index (κ2) is 9.92. The first-order valence-electron chi connectivity index (χ1n) is 7.26. The van der Waals surface area contributed by atoms with Crippen LogP contribution < -0.4 is 0 Å². The molecule has 1 rings (SSSR count). The van der Waals surface area contributed by atoms with Crippen molar-refractivity contribution in [3.8, 4) is 0 Å². The highest BCUT2D eigenvalue weighted by atomic mass is 79.9. The van der Waals surface area contributed by atoms with E-state index in [1.807, 2.05) is 24.3 Å². The van der Waals surface area contributed by atoms with Gasteiger partial charge in [-0.25, -0.2) is 0 Å². The molecule has 0 aliphatic carbocycles. The number of aliphatic hydroxyl groups excluding tert-OH is 1. The third kappa shape index (κ3) is 7.07. The fourth-order valence-electron chi connectivity index (χ4n) is 2.06. The van der Waals surface area contributed by atoms with Crippen molar-refractivity contribution in [3.63, 3.8) is 0 Å². The zero-order valence-electron chi connectivity index (χ0n) is 12.3. The van der Waals surface area contributed by atoms with Gasteiger partial charge in [-0.1, -0.05) is 47.5 Å². The van der Waals surface area contributed by atoms with Crippen LogP contribution in [0.1, 0.15) is 31.7 Å². The summed E-state index contributed by atoms with van der Waals surface area (Å²) in [4.78, 5) is 11.4. The molecule has 1 aromatic carbocycles. The number of ether oxygens (including phenoxy) is 1. The molecule has 4 nitrogen and oxygen atoms in total. The van der Waals surface area contributed by atoms with Crippen LogP contribution in [0.15, 0.2) is 28.7 Å². The van der Waals surface area contributed by atoms with Crippen LogP contribution in [0.3, 0.4) is 0 Å². The SMILES string of the molecule is CCCCOCC(O)CC(Cc1ccccc1Br)C(=O)O. The fraction of sp³-hybridized carbons (Fsp3) is 0.562. The number of unbranched alkanes of at least 4 members (excludes halogenated alkanes) is 1. The van der Waals surface area contributed by atoms with Gasteiger partial charge in [0.05, 0.1) is 18.6 Å². The number of carboxylic acid groups (broad SMARTS) is 1. The summed E-state index contributed by atoms with van der Waals surface area (Å²) in [5.74, 6) is -1.51. The van der Waals surface area contributed by atoms with Gasteiger partial charge in [-0.15, -0.1) is 0 Å². The molecule has 1 aromatic rings. The van der Waals surface area contributed by atoms with Crippen molar-refractivity contribution in [2.75, 3.05) is 13.2 Å². The van der Waals surface area contributed by atoms with E-state index in [9.17, 15) is 15.0 Å². The Morgan fingerprint density at radius 1 is 1.38 bits per heavy atom. The largest absolute Gasteiger partial charge is 0.481 e. The predicted molar refractivity (Wildman–Crippen MR) is 85.3 cm³/mol. The van der Waals surface area contributed by atoms with Gasteiger partial charge in [0, 0.05) is 11.1 Å². The number of benzene rings is 1. The van der Waals surface area contributed by atoms with Crippen LogP contribution in [-0.2, 0) is 16.0 Å². The maximum atomic E-state index is 11.4. The molecule has 0 radical (unpaired) electrons. The second-order valence-corrected chi connectivity index (χ2v) is 6.00. The van der Waals surface area contributed by atoms with E-state index >= 15 is 0 Å². The first-order valence-corrected chi connectivity index (χ1v) is 8.05. The zero-order valence-corrected chi connectivity index (χ0v) is 13.9. The van der Waals surface area contributed by atoms with Crippen molar-refractivity contribution in [2.24, 2.45) is 5.92 Å². The van der Waals surface area contributed by atoms with E-state index < -0.39 is 18.0 Å². The van der Waals surface area contributed by atoms with E-state index in [0.717, 1.165) is 22.9 Å². The minimum absolute atomic E-state index is 0.194. The van der Waals surface area contributed by atoms with E-state index in [1.54, 1.807) is 0 Å². The summed E-state index contributed by atoms with van der Waals surface area (Å²) >= 11 is 3.42. The van der Waals surface area contributed by atoms with Gasteiger partial charge in [-0.2, -0.15) is 0 Å². The summed E-state index contributed by atoms with van der Waals surface area (Å²) in [6.07, 6.45) is 1.83. The summed E-state index contributed by atoms with van der Waals surface area (Å²) in [6.45, 7) is 2.87. The molecule has 2 atom stereocenters. The molecule has 118 valence electrons. The average molecular weight is 359 g/mol. The Hall–Kier alpha value is -0.910. The zero-order chi connectivity index (χ0) is 15.7. The van der Waals surface area contributed by atoms with Crippen LogP contribution in [-0.4, -0.2) is 35.5 Å². The van der Waals surface area contributed by atoms with Gasteiger partial charge >= 0.3 is 5.97 Å². The number of carboxylic acids is 1. The Labute approximate surface area is 134 Å². The number of aliphatic hydroxyl groups is 1. The summed E-state index contributed by atoms with van der Waals surface area (Å²) in [5, 5.41) is 19.2. The Bertz CT molecular complexity index is 436. The van der Waals surface area contributed by atoms with E-state index in [2.05, 4.69) is 22.9 Å². The Kier molecular flexibility index (Phi) is 8.57. The maximum Gasteiger partial charge on any atom is 0.306 e. The maximum absolute atomic E-state index is 11.4. The quantitative estimate of drug-likeness (QED) is 0.630. The van der Waals surface area contributed by atoms with Gasteiger partial charge in [-0.05, 0) is 30.9 Å². The minimum atomic E-state index is -0.890. The lowest BCUT2D eigenvalue weighted by atomic mass is 9.94. The van der Waals surface area contributed by atoms with Crippen LogP contribution in [0, 0.1) is 5.92 Å². The standard InChI is InChI=1S/C16H23BrO4/c1-2-3-8-21-11-14(18)10-13(16(19)20)9-12-6-4-5-7-15(12)17/h4-7,13-14,18H,2-3,8-11H2,1H3,(H,19,20). The molecule has 0 amide bonds. The lowest BCUT2D eigenvalue weighted by Crippen LogP contribution is -2.26. The fourth-order valence-corrected chi connectivity index (χ4v) is 2.51. The lowest BCUT2D eigenvalue weighted by Gasteiger charge is -2.17. The van der Waals surface area contributed by atoms with Gasteiger partial charge < -0.3 is 14.9 Å². The third-order valence-electron chi connectivity index (χ3n) is 3.28. The van der Waals surface area contributed by atoms with Crippen molar-refractivity contribution < 1.29 is 19.7 Å². The second-order valence-electron chi connectivity index (χ2n) is 5.15. The van der Waals surface area contributed by atoms with E-state index in [0.29, 0.717) is 13.0 Å².